The third-order valence-electron chi connectivity index (χ3n) is 3.40. The topological polar surface area (TPSA) is 15.3 Å². The van der Waals surface area contributed by atoms with Crippen molar-refractivity contribution in [3.05, 3.63) is 35.1 Å². The quantitative estimate of drug-likeness (QED) is 0.837. The number of nitrogens with zero attached hydrogens (tertiary/aromatic N) is 1. The van der Waals surface area contributed by atoms with Crippen LogP contribution in [0.2, 0.25) is 0 Å². The average Bonchev–Trinajstić information content (AvgIpc) is 2.37. The molecule has 1 aromatic carbocycles. The Bertz CT molecular complexity index is 417. The van der Waals surface area contributed by atoms with Gasteiger partial charge in [-0.15, -0.1) is 0 Å². The van der Waals surface area contributed by atoms with Crippen molar-refractivity contribution in [3.63, 3.8) is 0 Å². The van der Waals surface area contributed by atoms with Crippen molar-refractivity contribution in [2.75, 3.05) is 20.1 Å². The van der Waals surface area contributed by atoms with Crippen molar-refractivity contribution >= 4 is 0 Å². The molecule has 1 unspecified atom stereocenters. The highest BCUT2D eigenvalue weighted by Crippen LogP contribution is 2.17. The summed E-state index contributed by atoms with van der Waals surface area (Å²) in [7, 11) is 1.87. The molecule has 1 saturated heterocycles. The molecule has 1 aliphatic heterocycles. The first-order valence-corrected chi connectivity index (χ1v) is 6.12. The number of nitrogens with one attached hydrogen (secondary N) is 1. The summed E-state index contributed by atoms with van der Waals surface area (Å²) in [5.41, 5.74) is 0.196. The summed E-state index contributed by atoms with van der Waals surface area (Å²) < 4.78 is 39.4. The maximum atomic E-state index is 13.5. The number of likely N-dealkylation sites (N-methyl/N-ethyl adjacent to an activating group) is 1. The Kier molecular flexibility index (Phi) is 4.24. The second-order valence-electron chi connectivity index (χ2n) is 4.77. The first-order valence-electron chi connectivity index (χ1n) is 6.12. The minimum Gasteiger partial charge on any atom is -0.315 e. The lowest BCUT2D eigenvalue weighted by atomic mass is 10.1. The van der Waals surface area contributed by atoms with Gasteiger partial charge in [-0.3, -0.25) is 4.90 Å². The molecule has 1 heterocycles. The van der Waals surface area contributed by atoms with Gasteiger partial charge < -0.3 is 5.32 Å². The zero-order valence-electron chi connectivity index (χ0n) is 10.3. The van der Waals surface area contributed by atoms with Crippen molar-refractivity contribution in [2.24, 2.45) is 0 Å². The minimum absolute atomic E-state index is 0.196. The van der Waals surface area contributed by atoms with Gasteiger partial charge in [-0.25, -0.2) is 13.2 Å². The van der Waals surface area contributed by atoms with Gasteiger partial charge in [0, 0.05) is 30.8 Å². The fraction of sp³-hybridized carbons (Fsp3) is 0.538. The monoisotopic (exact) mass is 258 g/mol. The van der Waals surface area contributed by atoms with Gasteiger partial charge in [0.1, 0.15) is 5.82 Å². The van der Waals surface area contributed by atoms with Crippen LogP contribution in [0.1, 0.15) is 18.4 Å². The van der Waals surface area contributed by atoms with Gasteiger partial charge in [0.25, 0.3) is 0 Å². The standard InChI is InChI=1S/C13H17F3N2/c1-18(10-3-2-4-17-7-10)8-9-5-12(15)13(16)6-11(9)14/h5-6,10,17H,2-4,7-8H2,1H3. The molecule has 1 aliphatic rings. The summed E-state index contributed by atoms with van der Waals surface area (Å²) in [5, 5.41) is 3.27. The smallest absolute Gasteiger partial charge is 0.161 e. The van der Waals surface area contributed by atoms with Crippen LogP contribution < -0.4 is 5.32 Å². The Morgan fingerprint density at radius 2 is 1.94 bits per heavy atom. The zero-order chi connectivity index (χ0) is 13.1. The molecule has 2 nitrogen and oxygen atoms in total. The summed E-state index contributed by atoms with van der Waals surface area (Å²) in [4.78, 5) is 1.97. The Hall–Kier alpha value is -1.07. The predicted molar refractivity (Wildman–Crippen MR) is 63.7 cm³/mol. The molecule has 0 aliphatic carbocycles. The maximum Gasteiger partial charge on any atom is 0.161 e. The van der Waals surface area contributed by atoms with Crippen LogP contribution in [0.5, 0.6) is 0 Å². The molecule has 0 saturated carbocycles. The van der Waals surface area contributed by atoms with Crippen LogP contribution in [0.4, 0.5) is 13.2 Å². The second-order valence-corrected chi connectivity index (χ2v) is 4.77. The van der Waals surface area contributed by atoms with E-state index in [9.17, 15) is 13.2 Å². The summed E-state index contributed by atoms with van der Waals surface area (Å²) in [5.74, 6) is -2.83. The molecule has 0 spiro atoms. The van der Waals surface area contributed by atoms with Crippen molar-refractivity contribution in [1.29, 1.82) is 0 Å². The first-order chi connectivity index (χ1) is 8.58. The molecule has 0 radical (unpaired) electrons. The van der Waals surface area contributed by atoms with Crippen LogP contribution in [0, 0.1) is 17.5 Å². The van der Waals surface area contributed by atoms with Crippen LogP contribution in [-0.4, -0.2) is 31.1 Å². The first kappa shape index (κ1) is 13.4. The molecule has 2 rings (SSSR count). The number of hydrogen-bond acceptors (Lipinski definition) is 2. The lowest BCUT2D eigenvalue weighted by Gasteiger charge is -2.31. The molecule has 0 amide bonds. The van der Waals surface area contributed by atoms with Crippen LogP contribution in [0.25, 0.3) is 0 Å². The third kappa shape index (κ3) is 3.03. The van der Waals surface area contributed by atoms with Crippen LogP contribution >= 0.6 is 0 Å². The predicted octanol–water partition coefficient (Wildman–Crippen LogP) is 2.29. The number of rotatable bonds is 3. The highest BCUT2D eigenvalue weighted by molar-refractivity contribution is 5.20. The number of halogens is 3. The highest BCUT2D eigenvalue weighted by atomic mass is 19.2. The Labute approximate surface area is 105 Å². The fourth-order valence-electron chi connectivity index (χ4n) is 2.29. The molecule has 18 heavy (non-hydrogen) atoms. The highest BCUT2D eigenvalue weighted by Gasteiger charge is 2.19. The SMILES string of the molecule is CN(Cc1cc(F)c(F)cc1F)C1CCCNC1. The van der Waals surface area contributed by atoms with Crippen LogP contribution in [0.3, 0.4) is 0 Å². The Morgan fingerprint density at radius 1 is 1.22 bits per heavy atom. The van der Waals surface area contributed by atoms with E-state index >= 15 is 0 Å². The van der Waals surface area contributed by atoms with Gasteiger partial charge in [-0.05, 0) is 32.5 Å². The summed E-state index contributed by atoms with van der Waals surface area (Å²) in [6, 6.07) is 1.86. The van der Waals surface area contributed by atoms with Crippen LogP contribution in [-0.2, 0) is 6.54 Å². The third-order valence-corrected chi connectivity index (χ3v) is 3.40. The second kappa shape index (κ2) is 5.71. The van der Waals surface area contributed by atoms with E-state index in [0.29, 0.717) is 12.1 Å². The van der Waals surface area contributed by atoms with E-state index < -0.39 is 17.5 Å². The van der Waals surface area contributed by atoms with E-state index in [-0.39, 0.29) is 12.1 Å². The number of piperidine rings is 1. The van der Waals surface area contributed by atoms with E-state index in [2.05, 4.69) is 5.32 Å². The number of benzene rings is 1. The van der Waals surface area contributed by atoms with Crippen molar-refractivity contribution in [2.45, 2.75) is 25.4 Å². The molecule has 5 heteroatoms. The van der Waals surface area contributed by atoms with E-state index in [4.69, 9.17) is 0 Å². The molecule has 1 fully saturated rings. The molecular weight excluding hydrogens is 241 g/mol. The van der Waals surface area contributed by atoms with Crippen LogP contribution in [0.15, 0.2) is 12.1 Å². The van der Waals surface area contributed by atoms with Crippen molar-refractivity contribution < 1.29 is 13.2 Å². The van der Waals surface area contributed by atoms with Gasteiger partial charge in [-0.2, -0.15) is 0 Å². The summed E-state index contributed by atoms with van der Waals surface area (Å²) in [6.07, 6.45) is 2.12. The van der Waals surface area contributed by atoms with Crippen molar-refractivity contribution in [1.82, 2.24) is 10.2 Å². The van der Waals surface area contributed by atoms with E-state index in [1.165, 1.54) is 0 Å². The van der Waals surface area contributed by atoms with Gasteiger partial charge in [0.2, 0.25) is 0 Å². The molecule has 1 aromatic rings. The molecule has 1 N–H and O–H groups in total. The molecule has 0 aromatic heterocycles. The lowest BCUT2D eigenvalue weighted by Crippen LogP contribution is -2.43. The summed E-state index contributed by atoms with van der Waals surface area (Å²) >= 11 is 0. The Morgan fingerprint density at radius 3 is 2.61 bits per heavy atom. The average molecular weight is 258 g/mol. The fourth-order valence-corrected chi connectivity index (χ4v) is 2.29. The molecular formula is C13H17F3N2. The van der Waals surface area contributed by atoms with E-state index in [1.807, 2.05) is 11.9 Å². The van der Waals surface area contributed by atoms with Gasteiger partial charge in [0.05, 0.1) is 0 Å². The largest absolute Gasteiger partial charge is 0.315 e. The zero-order valence-corrected chi connectivity index (χ0v) is 10.3. The van der Waals surface area contributed by atoms with E-state index in [0.717, 1.165) is 32.0 Å². The Balaban J connectivity index is 2.06. The van der Waals surface area contributed by atoms with Gasteiger partial charge >= 0.3 is 0 Å². The summed E-state index contributed by atoms with van der Waals surface area (Å²) in [6.45, 7) is 2.14. The maximum absolute atomic E-state index is 13.5. The molecule has 100 valence electrons. The van der Waals surface area contributed by atoms with Gasteiger partial charge in [-0.1, -0.05) is 0 Å². The molecule has 0 bridgehead atoms. The van der Waals surface area contributed by atoms with E-state index in [1.54, 1.807) is 0 Å². The normalized spacial score (nSPS) is 20.4. The minimum atomic E-state index is -1.14. The molecule has 1 atom stereocenters. The number of hydrogen-bond donors (Lipinski definition) is 1. The lowest BCUT2D eigenvalue weighted by molar-refractivity contribution is 0.193. The van der Waals surface area contributed by atoms with Crippen molar-refractivity contribution in [3.8, 4) is 0 Å². The van der Waals surface area contributed by atoms with Gasteiger partial charge in [0.15, 0.2) is 11.6 Å².